The van der Waals surface area contributed by atoms with Crippen molar-refractivity contribution in [3.63, 3.8) is 0 Å². The van der Waals surface area contributed by atoms with E-state index in [1.165, 1.54) is 6.92 Å². The van der Waals surface area contributed by atoms with Gasteiger partial charge in [-0.15, -0.1) is 6.42 Å². The first kappa shape index (κ1) is 13.0. The molecule has 2 nitrogen and oxygen atoms in total. The van der Waals surface area contributed by atoms with Crippen LogP contribution in [0.4, 0.5) is 0 Å². The van der Waals surface area contributed by atoms with E-state index in [0.29, 0.717) is 0 Å². The molecule has 0 saturated carbocycles. The van der Waals surface area contributed by atoms with Crippen LogP contribution >= 0.6 is 0 Å². The minimum atomic E-state index is -0.411. The third-order valence-electron chi connectivity index (χ3n) is 2.32. The van der Waals surface area contributed by atoms with E-state index in [1.807, 2.05) is 13.8 Å². The maximum atomic E-state index is 10.8. The average Bonchev–Trinajstić information content (AvgIpc) is 2.10. The fraction of sp³-hybridized carbons (Fsp3) is 0.750. The molecule has 0 spiro atoms. The third kappa shape index (κ3) is 4.32. The Bertz CT molecular complexity index is 223. The van der Waals surface area contributed by atoms with Crippen molar-refractivity contribution in [1.82, 2.24) is 0 Å². The van der Waals surface area contributed by atoms with Crippen molar-refractivity contribution >= 4 is 5.97 Å². The number of carbonyl (C=O) groups is 1. The van der Waals surface area contributed by atoms with Gasteiger partial charge in [-0.2, -0.15) is 0 Å². The van der Waals surface area contributed by atoms with Crippen molar-refractivity contribution in [3.8, 4) is 12.3 Å². The van der Waals surface area contributed by atoms with Crippen LogP contribution in [0.5, 0.6) is 0 Å². The van der Waals surface area contributed by atoms with Gasteiger partial charge in [-0.1, -0.05) is 39.5 Å². The summed E-state index contributed by atoms with van der Waals surface area (Å²) in [6.45, 7) is 7.60. The van der Waals surface area contributed by atoms with Crippen LogP contribution in [0.2, 0.25) is 0 Å². The highest BCUT2D eigenvalue weighted by atomic mass is 16.5. The van der Waals surface area contributed by atoms with Crippen LogP contribution in [0.3, 0.4) is 0 Å². The average molecular weight is 196 g/mol. The number of carbonyl (C=O) groups excluding carboxylic acids is 1. The molecule has 0 amide bonds. The summed E-state index contributed by atoms with van der Waals surface area (Å²) in [7, 11) is 0. The Balaban J connectivity index is 4.34. The van der Waals surface area contributed by atoms with Crippen molar-refractivity contribution in [2.75, 3.05) is 0 Å². The van der Waals surface area contributed by atoms with Crippen molar-refractivity contribution in [2.24, 2.45) is 5.41 Å². The minimum Gasteiger partial charge on any atom is -0.449 e. The number of ether oxygens (including phenoxy) is 1. The quantitative estimate of drug-likeness (QED) is 0.499. The van der Waals surface area contributed by atoms with Crippen LogP contribution in [0, 0.1) is 17.8 Å². The first-order valence-corrected chi connectivity index (χ1v) is 5.07. The largest absolute Gasteiger partial charge is 0.449 e. The Labute approximate surface area is 87.0 Å². The van der Waals surface area contributed by atoms with Crippen LogP contribution < -0.4 is 0 Å². The SMILES string of the molecule is C#CC(OC(C)=O)C(C)(C)CCCC. The van der Waals surface area contributed by atoms with Gasteiger partial charge in [0.25, 0.3) is 0 Å². The number of unbranched alkanes of at least 4 members (excludes halogenated alkanes) is 1. The number of terminal acetylenes is 1. The zero-order chi connectivity index (χ0) is 11.2. The first-order valence-electron chi connectivity index (χ1n) is 5.07. The fourth-order valence-corrected chi connectivity index (χ4v) is 1.35. The van der Waals surface area contributed by atoms with Gasteiger partial charge in [0.1, 0.15) is 0 Å². The van der Waals surface area contributed by atoms with E-state index in [9.17, 15) is 4.79 Å². The molecule has 0 bridgehead atoms. The number of hydrogen-bond donors (Lipinski definition) is 0. The van der Waals surface area contributed by atoms with Gasteiger partial charge < -0.3 is 4.74 Å². The molecule has 80 valence electrons. The number of rotatable bonds is 5. The van der Waals surface area contributed by atoms with Gasteiger partial charge in [0, 0.05) is 12.3 Å². The molecule has 0 aromatic rings. The van der Waals surface area contributed by atoms with Gasteiger partial charge in [0.15, 0.2) is 6.10 Å². The molecule has 0 saturated heterocycles. The summed E-state index contributed by atoms with van der Waals surface area (Å²) in [5.41, 5.74) is -0.129. The molecule has 0 aromatic heterocycles. The summed E-state index contributed by atoms with van der Waals surface area (Å²) in [6, 6.07) is 0. The number of esters is 1. The number of hydrogen-bond acceptors (Lipinski definition) is 2. The lowest BCUT2D eigenvalue weighted by Crippen LogP contribution is -2.32. The highest BCUT2D eigenvalue weighted by Gasteiger charge is 2.29. The van der Waals surface area contributed by atoms with Gasteiger partial charge in [0.2, 0.25) is 0 Å². The molecule has 1 unspecified atom stereocenters. The second-order valence-electron chi connectivity index (χ2n) is 4.25. The first-order chi connectivity index (χ1) is 6.44. The summed E-state index contributed by atoms with van der Waals surface area (Å²) in [4.78, 5) is 10.8. The zero-order valence-corrected chi connectivity index (χ0v) is 9.59. The van der Waals surface area contributed by atoms with E-state index in [2.05, 4.69) is 12.8 Å². The van der Waals surface area contributed by atoms with Crippen LogP contribution in [-0.2, 0) is 9.53 Å². The molecule has 0 aromatic carbocycles. The van der Waals surface area contributed by atoms with Crippen molar-refractivity contribution in [3.05, 3.63) is 0 Å². The lowest BCUT2D eigenvalue weighted by atomic mass is 9.82. The van der Waals surface area contributed by atoms with Gasteiger partial charge in [0.05, 0.1) is 0 Å². The van der Waals surface area contributed by atoms with Crippen LogP contribution in [0.15, 0.2) is 0 Å². The topological polar surface area (TPSA) is 26.3 Å². The van der Waals surface area contributed by atoms with Gasteiger partial charge in [-0.25, -0.2) is 0 Å². The van der Waals surface area contributed by atoms with E-state index in [4.69, 9.17) is 11.2 Å². The summed E-state index contributed by atoms with van der Waals surface area (Å²) in [6.07, 6.45) is 8.15. The lowest BCUT2D eigenvalue weighted by molar-refractivity contribution is -0.148. The van der Waals surface area contributed by atoms with Crippen LogP contribution in [0.1, 0.15) is 47.0 Å². The molecular weight excluding hydrogens is 176 g/mol. The fourth-order valence-electron chi connectivity index (χ4n) is 1.35. The maximum absolute atomic E-state index is 10.8. The van der Waals surface area contributed by atoms with E-state index < -0.39 is 6.10 Å². The normalized spacial score (nSPS) is 13.1. The summed E-state index contributed by atoms with van der Waals surface area (Å²) >= 11 is 0. The molecule has 0 aliphatic carbocycles. The molecule has 14 heavy (non-hydrogen) atoms. The minimum absolute atomic E-state index is 0.129. The second kappa shape index (κ2) is 5.70. The van der Waals surface area contributed by atoms with Crippen LogP contribution in [0.25, 0.3) is 0 Å². The molecule has 0 radical (unpaired) electrons. The lowest BCUT2D eigenvalue weighted by Gasteiger charge is -2.29. The molecule has 0 rings (SSSR count). The van der Waals surface area contributed by atoms with E-state index in [-0.39, 0.29) is 11.4 Å². The van der Waals surface area contributed by atoms with E-state index in [1.54, 1.807) is 0 Å². The third-order valence-corrected chi connectivity index (χ3v) is 2.32. The Kier molecular flexibility index (Phi) is 5.30. The Hall–Kier alpha value is -0.970. The predicted molar refractivity (Wildman–Crippen MR) is 57.7 cm³/mol. The van der Waals surface area contributed by atoms with Gasteiger partial charge >= 0.3 is 5.97 Å². The molecule has 0 heterocycles. The van der Waals surface area contributed by atoms with Gasteiger partial charge in [-0.3, -0.25) is 4.79 Å². The molecule has 2 heteroatoms. The second-order valence-corrected chi connectivity index (χ2v) is 4.25. The van der Waals surface area contributed by atoms with Crippen molar-refractivity contribution in [2.45, 2.75) is 53.1 Å². The molecule has 0 aliphatic rings. The molecule has 0 aliphatic heterocycles. The standard InChI is InChI=1S/C12H20O2/c1-6-8-9-12(4,5)11(7-2)14-10(3)13/h2,11H,6,8-9H2,1,3-5H3. The van der Waals surface area contributed by atoms with Crippen LogP contribution in [-0.4, -0.2) is 12.1 Å². The predicted octanol–water partition coefficient (Wildman–Crippen LogP) is 2.77. The Morgan fingerprint density at radius 2 is 2.14 bits per heavy atom. The molecule has 0 N–H and O–H groups in total. The highest BCUT2D eigenvalue weighted by molar-refractivity contribution is 5.66. The summed E-state index contributed by atoms with van der Waals surface area (Å²) < 4.78 is 5.09. The monoisotopic (exact) mass is 196 g/mol. The summed E-state index contributed by atoms with van der Waals surface area (Å²) in [5, 5.41) is 0. The summed E-state index contributed by atoms with van der Waals surface area (Å²) in [5.74, 6) is 2.23. The van der Waals surface area contributed by atoms with Gasteiger partial charge in [-0.05, 0) is 6.42 Å². The van der Waals surface area contributed by atoms with Crippen molar-refractivity contribution < 1.29 is 9.53 Å². The Morgan fingerprint density at radius 3 is 2.50 bits per heavy atom. The van der Waals surface area contributed by atoms with Crippen molar-refractivity contribution in [1.29, 1.82) is 0 Å². The maximum Gasteiger partial charge on any atom is 0.303 e. The molecular formula is C12H20O2. The zero-order valence-electron chi connectivity index (χ0n) is 9.59. The highest BCUT2D eigenvalue weighted by Crippen LogP contribution is 2.29. The smallest absolute Gasteiger partial charge is 0.303 e. The molecule has 0 fully saturated rings. The van der Waals surface area contributed by atoms with E-state index in [0.717, 1.165) is 19.3 Å². The van der Waals surface area contributed by atoms with E-state index >= 15 is 0 Å². The Morgan fingerprint density at radius 1 is 1.57 bits per heavy atom. The molecule has 1 atom stereocenters.